The van der Waals surface area contributed by atoms with Crippen molar-refractivity contribution in [1.82, 2.24) is 19.9 Å². The predicted octanol–water partition coefficient (Wildman–Crippen LogP) is 0.782. The highest BCUT2D eigenvalue weighted by molar-refractivity contribution is 4.86. The summed E-state index contributed by atoms with van der Waals surface area (Å²) in [4.78, 5) is 9.30. The Morgan fingerprint density at radius 3 is 3.12 bits per heavy atom. The first-order valence-corrected chi connectivity index (χ1v) is 6.63. The Hall–Kier alpha value is -0.940. The Morgan fingerprint density at radius 1 is 1.29 bits per heavy atom. The fourth-order valence-corrected chi connectivity index (χ4v) is 3.05. The van der Waals surface area contributed by atoms with Gasteiger partial charge >= 0.3 is 0 Å². The van der Waals surface area contributed by atoms with Crippen LogP contribution in [0.3, 0.4) is 0 Å². The summed E-state index contributed by atoms with van der Waals surface area (Å²) in [6.07, 6.45) is 6.37. The lowest BCUT2D eigenvalue weighted by atomic mass is 10.2. The van der Waals surface area contributed by atoms with Crippen molar-refractivity contribution in [2.45, 2.75) is 31.7 Å². The molecular formula is C12H20N4O. The molecule has 5 heteroatoms. The van der Waals surface area contributed by atoms with Gasteiger partial charge in [0.15, 0.2) is 5.82 Å². The quantitative estimate of drug-likeness (QED) is 0.776. The van der Waals surface area contributed by atoms with Crippen LogP contribution in [0.5, 0.6) is 0 Å². The van der Waals surface area contributed by atoms with Gasteiger partial charge in [0.25, 0.3) is 0 Å². The molecule has 94 valence electrons. The van der Waals surface area contributed by atoms with Gasteiger partial charge in [-0.05, 0) is 38.9 Å². The highest BCUT2D eigenvalue weighted by atomic mass is 16.5. The summed E-state index contributed by atoms with van der Waals surface area (Å²) in [6.45, 7) is 6.08. The summed E-state index contributed by atoms with van der Waals surface area (Å²) in [5.41, 5.74) is 0. The number of hydrogen-bond acceptors (Lipinski definition) is 5. The molecule has 0 aliphatic carbocycles. The SMILES string of the molecule is c1nc(CCN2CCCN3CCCC3C2)no1. The molecule has 0 aromatic carbocycles. The predicted molar refractivity (Wildman–Crippen MR) is 63.7 cm³/mol. The monoisotopic (exact) mass is 236 g/mol. The van der Waals surface area contributed by atoms with Crippen molar-refractivity contribution in [2.75, 3.05) is 32.7 Å². The summed E-state index contributed by atoms with van der Waals surface area (Å²) in [7, 11) is 0. The Morgan fingerprint density at radius 2 is 2.24 bits per heavy atom. The van der Waals surface area contributed by atoms with Crippen LogP contribution in [0, 0.1) is 0 Å². The van der Waals surface area contributed by atoms with Gasteiger partial charge in [0, 0.05) is 25.6 Å². The molecule has 2 aliphatic heterocycles. The maximum Gasteiger partial charge on any atom is 0.213 e. The van der Waals surface area contributed by atoms with E-state index in [4.69, 9.17) is 4.52 Å². The molecule has 1 unspecified atom stereocenters. The molecule has 5 nitrogen and oxygen atoms in total. The van der Waals surface area contributed by atoms with E-state index in [0.29, 0.717) is 0 Å². The number of aromatic nitrogens is 2. The molecule has 1 aromatic rings. The largest absolute Gasteiger partial charge is 0.343 e. The molecule has 3 heterocycles. The first-order valence-electron chi connectivity index (χ1n) is 6.63. The molecule has 0 bridgehead atoms. The molecule has 2 saturated heterocycles. The van der Waals surface area contributed by atoms with Crippen LogP contribution in [0.2, 0.25) is 0 Å². The van der Waals surface area contributed by atoms with Gasteiger partial charge in [-0.25, -0.2) is 0 Å². The molecule has 3 rings (SSSR count). The number of hydrogen-bond donors (Lipinski definition) is 0. The highest BCUT2D eigenvalue weighted by Crippen LogP contribution is 2.21. The molecular weight excluding hydrogens is 216 g/mol. The van der Waals surface area contributed by atoms with E-state index in [1.807, 2.05) is 0 Å². The van der Waals surface area contributed by atoms with Crippen molar-refractivity contribution in [2.24, 2.45) is 0 Å². The lowest BCUT2D eigenvalue weighted by Crippen LogP contribution is -2.37. The van der Waals surface area contributed by atoms with E-state index in [1.165, 1.54) is 51.8 Å². The zero-order valence-electron chi connectivity index (χ0n) is 10.2. The van der Waals surface area contributed by atoms with E-state index in [2.05, 4.69) is 19.9 Å². The van der Waals surface area contributed by atoms with Crippen LogP contribution in [0.1, 0.15) is 25.1 Å². The van der Waals surface area contributed by atoms with E-state index in [1.54, 1.807) is 0 Å². The maximum atomic E-state index is 4.76. The van der Waals surface area contributed by atoms with E-state index in [0.717, 1.165) is 24.8 Å². The second-order valence-corrected chi connectivity index (χ2v) is 5.08. The fraction of sp³-hybridized carbons (Fsp3) is 0.833. The average molecular weight is 236 g/mol. The molecule has 0 N–H and O–H groups in total. The molecule has 1 aromatic heterocycles. The van der Waals surface area contributed by atoms with Crippen LogP contribution in [0.15, 0.2) is 10.9 Å². The van der Waals surface area contributed by atoms with E-state index in [-0.39, 0.29) is 0 Å². The Labute approximate surface area is 102 Å². The van der Waals surface area contributed by atoms with Gasteiger partial charge < -0.3 is 9.42 Å². The molecule has 1 atom stereocenters. The summed E-state index contributed by atoms with van der Waals surface area (Å²) in [5.74, 6) is 0.831. The first kappa shape index (κ1) is 11.2. The third-order valence-electron chi connectivity index (χ3n) is 3.95. The van der Waals surface area contributed by atoms with Crippen molar-refractivity contribution in [3.8, 4) is 0 Å². The lowest BCUT2D eigenvalue weighted by Gasteiger charge is -2.25. The summed E-state index contributed by atoms with van der Waals surface area (Å²) < 4.78 is 4.76. The molecule has 0 amide bonds. The van der Waals surface area contributed by atoms with Crippen LogP contribution in [-0.2, 0) is 6.42 Å². The smallest absolute Gasteiger partial charge is 0.213 e. The van der Waals surface area contributed by atoms with Gasteiger partial charge in [-0.1, -0.05) is 5.16 Å². The van der Waals surface area contributed by atoms with E-state index >= 15 is 0 Å². The van der Waals surface area contributed by atoms with Crippen LogP contribution < -0.4 is 0 Å². The molecule has 0 spiro atoms. The van der Waals surface area contributed by atoms with Crippen molar-refractivity contribution < 1.29 is 4.52 Å². The number of rotatable bonds is 3. The third-order valence-corrected chi connectivity index (χ3v) is 3.95. The minimum absolute atomic E-state index is 0.794. The number of fused-ring (bicyclic) bond motifs is 1. The second-order valence-electron chi connectivity index (χ2n) is 5.08. The van der Waals surface area contributed by atoms with Crippen LogP contribution in [0.4, 0.5) is 0 Å². The Balaban J connectivity index is 1.52. The van der Waals surface area contributed by atoms with Gasteiger partial charge in [0.05, 0.1) is 0 Å². The topological polar surface area (TPSA) is 45.4 Å². The van der Waals surface area contributed by atoms with Gasteiger partial charge in [0.1, 0.15) is 0 Å². The zero-order chi connectivity index (χ0) is 11.5. The number of nitrogens with zero attached hydrogens (tertiary/aromatic N) is 4. The van der Waals surface area contributed by atoms with Crippen LogP contribution in [0.25, 0.3) is 0 Å². The molecule has 0 saturated carbocycles. The first-order chi connectivity index (χ1) is 8.42. The normalized spacial score (nSPS) is 26.9. The van der Waals surface area contributed by atoms with Crippen molar-refractivity contribution in [1.29, 1.82) is 0 Å². The Bertz CT molecular complexity index is 340. The van der Waals surface area contributed by atoms with E-state index < -0.39 is 0 Å². The molecule has 17 heavy (non-hydrogen) atoms. The van der Waals surface area contributed by atoms with Crippen molar-refractivity contribution >= 4 is 0 Å². The molecule has 2 aliphatic rings. The standard InChI is InChI=1S/C12H20N4O/c1-3-11-9-15(5-2-7-16(11)6-1)8-4-12-13-10-17-14-12/h10-11H,1-9H2. The summed E-state index contributed by atoms with van der Waals surface area (Å²) in [5, 5.41) is 3.87. The minimum Gasteiger partial charge on any atom is -0.343 e. The van der Waals surface area contributed by atoms with Crippen LogP contribution in [-0.4, -0.2) is 58.7 Å². The lowest BCUT2D eigenvalue weighted by molar-refractivity contribution is 0.220. The van der Waals surface area contributed by atoms with Crippen molar-refractivity contribution in [3.05, 3.63) is 12.2 Å². The van der Waals surface area contributed by atoms with Gasteiger partial charge in [-0.15, -0.1) is 0 Å². The summed E-state index contributed by atoms with van der Waals surface area (Å²) >= 11 is 0. The fourth-order valence-electron chi connectivity index (χ4n) is 3.05. The second kappa shape index (κ2) is 5.14. The van der Waals surface area contributed by atoms with Gasteiger partial charge in [-0.2, -0.15) is 4.98 Å². The summed E-state index contributed by atoms with van der Waals surface area (Å²) in [6, 6.07) is 0.794. The average Bonchev–Trinajstić information content (AvgIpc) is 2.95. The maximum absolute atomic E-state index is 4.76. The molecule has 0 radical (unpaired) electrons. The third kappa shape index (κ3) is 2.66. The van der Waals surface area contributed by atoms with Gasteiger partial charge in [-0.3, -0.25) is 4.90 Å². The molecule has 2 fully saturated rings. The Kier molecular flexibility index (Phi) is 3.38. The van der Waals surface area contributed by atoms with E-state index in [9.17, 15) is 0 Å². The highest BCUT2D eigenvalue weighted by Gasteiger charge is 2.28. The zero-order valence-corrected chi connectivity index (χ0v) is 10.2. The minimum atomic E-state index is 0.794. The van der Waals surface area contributed by atoms with Crippen LogP contribution >= 0.6 is 0 Å². The van der Waals surface area contributed by atoms with Gasteiger partial charge in [0.2, 0.25) is 6.39 Å². The van der Waals surface area contributed by atoms with Crippen molar-refractivity contribution in [3.63, 3.8) is 0 Å².